The number of alkyl halides is 3. The van der Waals surface area contributed by atoms with E-state index in [1.165, 1.54) is 0 Å². The first-order chi connectivity index (χ1) is 8.33. The molecule has 1 N–H and O–H groups in total. The van der Waals surface area contributed by atoms with Crippen molar-refractivity contribution in [3.63, 3.8) is 0 Å². The highest BCUT2D eigenvalue weighted by Gasteiger charge is 2.39. The van der Waals surface area contributed by atoms with Gasteiger partial charge in [-0.2, -0.15) is 13.2 Å². The lowest BCUT2D eigenvalue weighted by Crippen LogP contribution is -2.54. The highest BCUT2D eigenvalue weighted by atomic mass is 32.1. The Kier molecular flexibility index (Phi) is 3.50. The molecule has 1 saturated carbocycles. The average Bonchev–Trinajstić information content (AvgIpc) is 2.63. The second kappa shape index (κ2) is 4.65. The van der Waals surface area contributed by atoms with E-state index in [-0.39, 0.29) is 10.7 Å². The smallest absolute Gasteiger partial charge is 0.358 e. The number of rotatable bonds is 4. The van der Waals surface area contributed by atoms with Crippen LogP contribution in [0.4, 0.5) is 18.3 Å². The molecule has 4 nitrogen and oxygen atoms in total. The SMILES string of the molecule is CN(C)C1(CNc2nnc(C(F)(F)F)s2)CCC1. The number of nitrogens with zero attached hydrogens (tertiary/aromatic N) is 3. The molecule has 1 aromatic heterocycles. The van der Waals surface area contributed by atoms with Crippen LogP contribution >= 0.6 is 11.3 Å². The molecule has 102 valence electrons. The fourth-order valence-corrected chi connectivity index (χ4v) is 2.62. The second-order valence-corrected chi connectivity index (χ2v) is 5.71. The highest BCUT2D eigenvalue weighted by Crippen LogP contribution is 2.37. The molecular formula is C10H15F3N4S. The average molecular weight is 280 g/mol. The number of nitrogens with one attached hydrogen (secondary N) is 1. The third-order valence-corrected chi connectivity index (χ3v) is 4.39. The summed E-state index contributed by atoms with van der Waals surface area (Å²) in [6.07, 6.45) is -1.15. The maximum Gasteiger partial charge on any atom is 0.445 e. The summed E-state index contributed by atoms with van der Waals surface area (Å²) < 4.78 is 37.1. The maximum atomic E-state index is 12.4. The molecule has 0 amide bonds. The van der Waals surface area contributed by atoms with Crippen molar-refractivity contribution in [3.8, 4) is 0 Å². The monoisotopic (exact) mass is 280 g/mol. The van der Waals surface area contributed by atoms with Crippen LogP contribution in [0.5, 0.6) is 0 Å². The normalized spacial score (nSPS) is 18.8. The van der Waals surface area contributed by atoms with Gasteiger partial charge in [-0.15, -0.1) is 10.2 Å². The molecule has 2 rings (SSSR count). The van der Waals surface area contributed by atoms with Crippen molar-refractivity contribution >= 4 is 16.5 Å². The maximum absolute atomic E-state index is 12.4. The van der Waals surface area contributed by atoms with Crippen LogP contribution in [0, 0.1) is 0 Å². The predicted molar refractivity (Wildman–Crippen MR) is 63.7 cm³/mol. The first-order valence-corrected chi connectivity index (χ1v) is 6.47. The predicted octanol–water partition coefficient (Wildman–Crippen LogP) is 2.45. The zero-order valence-electron chi connectivity index (χ0n) is 10.2. The van der Waals surface area contributed by atoms with Crippen molar-refractivity contribution in [1.82, 2.24) is 15.1 Å². The van der Waals surface area contributed by atoms with Crippen molar-refractivity contribution in [2.24, 2.45) is 0 Å². The van der Waals surface area contributed by atoms with E-state index in [9.17, 15) is 13.2 Å². The lowest BCUT2D eigenvalue weighted by Gasteiger charge is -2.47. The van der Waals surface area contributed by atoms with E-state index in [1.807, 2.05) is 14.1 Å². The first kappa shape index (κ1) is 13.5. The van der Waals surface area contributed by atoms with Crippen LogP contribution in [-0.2, 0) is 6.18 Å². The fraction of sp³-hybridized carbons (Fsp3) is 0.800. The summed E-state index contributed by atoms with van der Waals surface area (Å²) in [6, 6.07) is 0. The van der Waals surface area contributed by atoms with Crippen molar-refractivity contribution in [2.75, 3.05) is 26.0 Å². The van der Waals surface area contributed by atoms with Crippen molar-refractivity contribution in [2.45, 2.75) is 31.0 Å². The standard InChI is InChI=1S/C10H15F3N4S/c1-17(2)9(4-3-5-9)6-14-8-16-15-7(18-8)10(11,12)13/h3-6H2,1-2H3,(H,14,16). The Morgan fingerprint density at radius 1 is 1.33 bits per heavy atom. The van der Waals surface area contributed by atoms with Gasteiger partial charge in [0.25, 0.3) is 0 Å². The molecule has 0 saturated heterocycles. The number of hydrogen-bond donors (Lipinski definition) is 1. The van der Waals surface area contributed by atoms with Crippen molar-refractivity contribution in [1.29, 1.82) is 0 Å². The Morgan fingerprint density at radius 3 is 2.39 bits per heavy atom. The minimum Gasteiger partial charge on any atom is -0.358 e. The molecule has 1 aliphatic rings. The molecule has 1 heterocycles. The van der Waals surface area contributed by atoms with Gasteiger partial charge in [0, 0.05) is 12.1 Å². The molecular weight excluding hydrogens is 265 g/mol. The Balaban J connectivity index is 1.96. The van der Waals surface area contributed by atoms with Gasteiger partial charge in [-0.25, -0.2) is 0 Å². The first-order valence-electron chi connectivity index (χ1n) is 5.65. The molecule has 0 atom stereocenters. The highest BCUT2D eigenvalue weighted by molar-refractivity contribution is 7.15. The van der Waals surface area contributed by atoms with Crippen molar-refractivity contribution in [3.05, 3.63) is 5.01 Å². The molecule has 0 aromatic carbocycles. The van der Waals surface area contributed by atoms with E-state index in [0.717, 1.165) is 19.3 Å². The van der Waals surface area contributed by atoms with Crippen LogP contribution in [0.2, 0.25) is 0 Å². The molecule has 1 aromatic rings. The number of anilines is 1. The van der Waals surface area contributed by atoms with Gasteiger partial charge in [-0.1, -0.05) is 11.3 Å². The molecule has 18 heavy (non-hydrogen) atoms. The molecule has 0 radical (unpaired) electrons. The zero-order valence-corrected chi connectivity index (χ0v) is 11.0. The van der Waals surface area contributed by atoms with Gasteiger partial charge in [0.1, 0.15) is 0 Å². The van der Waals surface area contributed by atoms with E-state index in [4.69, 9.17) is 0 Å². The summed E-state index contributed by atoms with van der Waals surface area (Å²) in [7, 11) is 3.98. The van der Waals surface area contributed by atoms with Crippen LogP contribution in [-0.4, -0.2) is 41.3 Å². The minimum atomic E-state index is -4.41. The summed E-state index contributed by atoms with van der Waals surface area (Å²) in [6.45, 7) is 0.604. The number of likely N-dealkylation sites (N-methyl/N-ethyl adjacent to an activating group) is 1. The molecule has 0 aliphatic heterocycles. The van der Waals surface area contributed by atoms with E-state index < -0.39 is 11.2 Å². The van der Waals surface area contributed by atoms with Gasteiger partial charge >= 0.3 is 6.18 Å². The zero-order chi connectivity index (χ0) is 13.4. The Labute approximate surface area is 107 Å². The molecule has 1 aliphatic carbocycles. The summed E-state index contributed by atoms with van der Waals surface area (Å²) in [5.74, 6) is 0. The third kappa shape index (κ3) is 2.59. The molecule has 8 heteroatoms. The summed E-state index contributed by atoms with van der Waals surface area (Å²) in [5.41, 5.74) is 0.0457. The van der Waals surface area contributed by atoms with Crippen LogP contribution in [0.15, 0.2) is 0 Å². The lowest BCUT2D eigenvalue weighted by atomic mass is 9.75. The second-order valence-electron chi connectivity index (χ2n) is 4.74. The quantitative estimate of drug-likeness (QED) is 0.920. The minimum absolute atomic E-state index is 0.0457. The molecule has 0 bridgehead atoms. The van der Waals surface area contributed by atoms with Gasteiger partial charge < -0.3 is 10.2 Å². The number of halogens is 3. The van der Waals surface area contributed by atoms with E-state index >= 15 is 0 Å². The lowest BCUT2D eigenvalue weighted by molar-refractivity contribution is -0.138. The number of hydrogen-bond acceptors (Lipinski definition) is 5. The number of aromatic nitrogens is 2. The molecule has 0 spiro atoms. The van der Waals surface area contributed by atoms with E-state index in [1.54, 1.807) is 0 Å². The Morgan fingerprint density at radius 2 is 2.00 bits per heavy atom. The van der Waals surface area contributed by atoms with Gasteiger partial charge in [-0.3, -0.25) is 0 Å². The van der Waals surface area contributed by atoms with Crippen LogP contribution in [0.1, 0.15) is 24.3 Å². The van der Waals surface area contributed by atoms with Gasteiger partial charge in [0.15, 0.2) is 0 Å². The van der Waals surface area contributed by atoms with Crippen LogP contribution < -0.4 is 5.32 Å². The topological polar surface area (TPSA) is 41.0 Å². The van der Waals surface area contributed by atoms with Crippen LogP contribution in [0.3, 0.4) is 0 Å². The fourth-order valence-electron chi connectivity index (χ4n) is 2.02. The Hall–Kier alpha value is -0.890. The van der Waals surface area contributed by atoms with Gasteiger partial charge in [0.05, 0.1) is 0 Å². The summed E-state index contributed by atoms with van der Waals surface area (Å²) >= 11 is 0.550. The molecule has 0 unspecified atom stereocenters. The Bertz CT molecular complexity index is 412. The summed E-state index contributed by atoms with van der Waals surface area (Å²) in [4.78, 5) is 2.12. The molecule has 1 fully saturated rings. The van der Waals surface area contributed by atoms with Gasteiger partial charge in [0.2, 0.25) is 10.1 Å². The summed E-state index contributed by atoms with van der Waals surface area (Å²) in [5, 5.41) is 8.96. The third-order valence-electron chi connectivity index (χ3n) is 3.47. The van der Waals surface area contributed by atoms with E-state index in [0.29, 0.717) is 17.9 Å². The van der Waals surface area contributed by atoms with Gasteiger partial charge in [-0.05, 0) is 33.4 Å². The largest absolute Gasteiger partial charge is 0.445 e. The van der Waals surface area contributed by atoms with Crippen molar-refractivity contribution < 1.29 is 13.2 Å². The van der Waals surface area contributed by atoms with E-state index in [2.05, 4.69) is 20.4 Å². The van der Waals surface area contributed by atoms with Crippen LogP contribution in [0.25, 0.3) is 0 Å².